The zero-order chi connectivity index (χ0) is 32.4. The molecule has 0 spiro atoms. The van der Waals surface area contributed by atoms with Crippen LogP contribution in [0.2, 0.25) is 0 Å². The van der Waals surface area contributed by atoms with Gasteiger partial charge in [-0.15, -0.1) is 23.2 Å². The highest BCUT2D eigenvalue weighted by Gasteiger charge is 2.77. The number of aromatic hydroxyl groups is 1. The second-order valence-corrected chi connectivity index (χ2v) is 12.9. The number of amides is 4. The zero-order valence-electron chi connectivity index (χ0n) is 21.8. The first-order valence-corrected chi connectivity index (χ1v) is 14.2. The lowest BCUT2D eigenvalue weighted by molar-refractivity contribution is -0.173. The average Bonchev–Trinajstić information content (AvgIpc) is 3.30. The van der Waals surface area contributed by atoms with Crippen LogP contribution in [-0.4, -0.2) is 55.9 Å². The predicted octanol–water partition coefficient (Wildman–Crippen LogP) is 4.81. The van der Waals surface area contributed by atoms with E-state index in [1.54, 1.807) is 0 Å². The number of alkyl halides is 2. The Morgan fingerprint density at radius 2 is 1.52 bits per heavy atom. The largest absolute Gasteiger partial charge is 0.504 e. The topological polar surface area (TPSA) is 124 Å². The van der Waals surface area contributed by atoms with Gasteiger partial charge < -0.3 is 9.84 Å². The van der Waals surface area contributed by atoms with Gasteiger partial charge in [0.15, 0.2) is 44.5 Å². The molecule has 232 valence electrons. The van der Waals surface area contributed by atoms with E-state index >= 15 is 8.78 Å². The average molecular weight is 726 g/mol. The normalized spacial score (nSPS) is 31.3. The van der Waals surface area contributed by atoms with Crippen LogP contribution in [0.1, 0.15) is 24.3 Å². The minimum Gasteiger partial charge on any atom is -0.504 e. The zero-order valence-corrected chi connectivity index (χ0v) is 24.9. The number of carbonyl (C=O) groups excluding carboxylic acids is 4. The maximum Gasteiger partial charge on any atom is 0.258 e. The van der Waals surface area contributed by atoms with Crippen LogP contribution in [0.3, 0.4) is 0 Å². The molecular weight excluding hydrogens is 710 g/mol. The van der Waals surface area contributed by atoms with Crippen LogP contribution < -0.4 is 9.64 Å². The van der Waals surface area contributed by atoms with E-state index in [2.05, 4.69) is 15.9 Å². The molecule has 6 atom stereocenters. The number of ether oxygens (including phenoxy) is 1. The summed E-state index contributed by atoms with van der Waals surface area (Å²) in [7, 11) is 1.19. The highest BCUT2D eigenvalue weighted by molar-refractivity contribution is 9.10. The maximum atomic E-state index is 15.0. The summed E-state index contributed by atoms with van der Waals surface area (Å²) in [5.41, 5.74) is -2.07. The fraction of sp³-hybridized carbons (Fsp3) is 0.333. The van der Waals surface area contributed by atoms with E-state index in [1.165, 1.54) is 25.3 Å². The van der Waals surface area contributed by atoms with Crippen LogP contribution in [0.15, 0.2) is 28.3 Å². The molecule has 6 unspecified atom stereocenters. The fourth-order valence-corrected chi connectivity index (χ4v) is 8.25. The summed E-state index contributed by atoms with van der Waals surface area (Å²) >= 11 is 17.1. The molecule has 0 aromatic heterocycles. The Hall–Kier alpha value is -3.27. The smallest absolute Gasteiger partial charge is 0.258 e. The van der Waals surface area contributed by atoms with Gasteiger partial charge in [0.1, 0.15) is 5.69 Å². The second kappa shape index (κ2) is 9.86. The van der Waals surface area contributed by atoms with Crippen LogP contribution in [0.4, 0.5) is 27.6 Å². The molecule has 2 aliphatic carbocycles. The fourth-order valence-electron chi connectivity index (χ4n) is 6.87. The number of hydrogen-bond acceptors (Lipinski definition) is 7. The van der Waals surface area contributed by atoms with Crippen molar-refractivity contribution >= 4 is 68.4 Å². The Morgan fingerprint density at radius 3 is 2.11 bits per heavy atom. The monoisotopic (exact) mass is 724 g/mol. The third-order valence-corrected chi connectivity index (χ3v) is 10.7. The minimum absolute atomic E-state index is 0.0878. The summed E-state index contributed by atoms with van der Waals surface area (Å²) in [5, 5.41) is 21.2. The molecule has 9 nitrogen and oxygen atoms in total. The standard InChI is InChI=1S/C27H16BrCl2F5N2O7/c1-44-12-5-7(28)4-10(21(12)38)14-8-2-3-9-13(23(40)37(43)22(9)39)11(8)6-26(29)24(41)36(25(42)27(14,26)30)20-18(34)16(32)15(31)17(33)19(20)35/h2,4-5,9,11,13-14,38,43H,3,6H2,1H3. The summed E-state index contributed by atoms with van der Waals surface area (Å²) in [6.07, 6.45) is 0.482. The molecule has 2 aromatic carbocycles. The number of anilines is 1. The molecule has 2 saturated heterocycles. The Kier molecular flexibility index (Phi) is 6.89. The molecule has 0 radical (unpaired) electrons. The van der Waals surface area contributed by atoms with Crippen LogP contribution in [0.25, 0.3) is 0 Å². The van der Waals surface area contributed by atoms with Crippen molar-refractivity contribution in [2.45, 2.75) is 28.5 Å². The van der Waals surface area contributed by atoms with Crippen LogP contribution >= 0.6 is 39.1 Å². The molecule has 2 N–H and O–H groups in total. The number of phenols is 1. The lowest BCUT2D eigenvalue weighted by Gasteiger charge is -2.50. The van der Waals surface area contributed by atoms with E-state index in [4.69, 9.17) is 27.9 Å². The molecule has 4 amide bonds. The Morgan fingerprint density at radius 1 is 0.932 bits per heavy atom. The first-order valence-electron chi connectivity index (χ1n) is 12.7. The van der Waals surface area contributed by atoms with Crippen molar-refractivity contribution in [3.8, 4) is 11.5 Å². The minimum atomic E-state index is -2.82. The lowest BCUT2D eigenvalue weighted by atomic mass is 9.56. The van der Waals surface area contributed by atoms with Crippen molar-refractivity contribution in [1.82, 2.24) is 5.06 Å². The van der Waals surface area contributed by atoms with Gasteiger partial charge in [0, 0.05) is 16.0 Å². The van der Waals surface area contributed by atoms with Crippen molar-refractivity contribution in [3.63, 3.8) is 0 Å². The number of rotatable bonds is 3. The highest BCUT2D eigenvalue weighted by Crippen LogP contribution is 2.67. The maximum absolute atomic E-state index is 15.0. The summed E-state index contributed by atoms with van der Waals surface area (Å²) < 4.78 is 77.9. The van der Waals surface area contributed by atoms with Gasteiger partial charge in [-0.05, 0) is 30.9 Å². The summed E-state index contributed by atoms with van der Waals surface area (Å²) in [6.45, 7) is 0. The number of carbonyl (C=O) groups is 4. The van der Waals surface area contributed by atoms with E-state index < -0.39 is 104 Å². The first-order chi connectivity index (χ1) is 20.5. The van der Waals surface area contributed by atoms with Crippen molar-refractivity contribution in [1.29, 1.82) is 0 Å². The van der Waals surface area contributed by atoms with Gasteiger partial charge in [-0.1, -0.05) is 27.6 Å². The molecule has 2 aromatic rings. The Bertz CT molecular complexity index is 1750. The lowest BCUT2D eigenvalue weighted by Crippen LogP contribution is -2.60. The SMILES string of the molecule is COc1cc(Br)cc(C2C3=CCC4C(=O)N(O)C(=O)C4C3CC3(Cl)C(=O)N(c4c(F)c(F)c(F)c(F)c4F)C(=O)C23Cl)c1O. The van der Waals surface area contributed by atoms with Gasteiger partial charge in [0.05, 0.1) is 18.9 Å². The second-order valence-electron chi connectivity index (χ2n) is 10.7. The predicted molar refractivity (Wildman–Crippen MR) is 142 cm³/mol. The number of hydroxylamine groups is 2. The van der Waals surface area contributed by atoms with E-state index in [-0.39, 0.29) is 37.7 Å². The van der Waals surface area contributed by atoms with Gasteiger partial charge in [-0.25, -0.2) is 26.9 Å². The Labute approximate surface area is 261 Å². The van der Waals surface area contributed by atoms with Crippen molar-refractivity contribution < 1.29 is 56.2 Å². The summed E-state index contributed by atoms with van der Waals surface area (Å²) in [6, 6.07) is 2.59. The molecule has 17 heteroatoms. The number of methoxy groups -OCH3 is 1. The molecule has 4 aliphatic rings. The third-order valence-electron chi connectivity index (χ3n) is 8.80. The van der Waals surface area contributed by atoms with Gasteiger partial charge in [0.2, 0.25) is 5.82 Å². The molecule has 3 fully saturated rings. The van der Waals surface area contributed by atoms with Crippen LogP contribution in [0.5, 0.6) is 11.5 Å². The number of nitrogens with zero attached hydrogens (tertiary/aromatic N) is 2. The number of halogens is 8. The quantitative estimate of drug-likeness (QED) is 0.0886. The number of fused-ring (bicyclic) bond motifs is 4. The van der Waals surface area contributed by atoms with Crippen LogP contribution in [-0.2, 0) is 19.2 Å². The van der Waals surface area contributed by atoms with Crippen molar-refractivity contribution in [2.75, 3.05) is 12.0 Å². The highest BCUT2D eigenvalue weighted by atomic mass is 79.9. The molecule has 1 saturated carbocycles. The third kappa shape index (κ3) is 3.60. The van der Waals surface area contributed by atoms with Crippen LogP contribution in [0, 0.1) is 46.8 Å². The van der Waals surface area contributed by atoms with E-state index in [9.17, 15) is 42.7 Å². The van der Waals surface area contributed by atoms with Gasteiger partial charge in [-0.2, -0.15) is 5.06 Å². The van der Waals surface area contributed by atoms with Gasteiger partial charge in [0.25, 0.3) is 23.6 Å². The summed E-state index contributed by atoms with van der Waals surface area (Å²) in [4.78, 5) is 48.0. The number of imide groups is 2. The molecule has 2 aliphatic heterocycles. The molecule has 6 rings (SSSR count). The van der Waals surface area contributed by atoms with E-state index in [1.807, 2.05) is 0 Å². The molecule has 0 bridgehead atoms. The van der Waals surface area contributed by atoms with E-state index in [0.717, 1.165) is 0 Å². The van der Waals surface area contributed by atoms with Crippen molar-refractivity contribution in [2.24, 2.45) is 17.8 Å². The number of allylic oxidation sites excluding steroid dienone is 2. The number of benzene rings is 2. The molecular formula is C27H16BrCl2F5N2O7. The summed E-state index contributed by atoms with van der Waals surface area (Å²) in [5.74, 6) is -24.1. The van der Waals surface area contributed by atoms with Gasteiger partial charge in [-0.3, -0.25) is 24.4 Å². The number of phenolic OH excluding ortho intramolecular Hbond substituents is 1. The molecule has 2 heterocycles. The Balaban J connectivity index is 1.65. The number of hydrogen-bond donors (Lipinski definition) is 2. The first kappa shape index (κ1) is 30.7. The molecule has 44 heavy (non-hydrogen) atoms. The van der Waals surface area contributed by atoms with E-state index in [0.29, 0.717) is 0 Å². The van der Waals surface area contributed by atoms with Crippen molar-refractivity contribution in [3.05, 3.63) is 62.9 Å². The van der Waals surface area contributed by atoms with Gasteiger partial charge >= 0.3 is 0 Å².